The number of halogens is 1. The van der Waals surface area contributed by atoms with Gasteiger partial charge in [0.15, 0.2) is 11.4 Å². The van der Waals surface area contributed by atoms with E-state index in [4.69, 9.17) is 22.1 Å². The molecule has 0 spiro atoms. The largest absolute Gasteiger partial charge is 0.455 e. The molecule has 4 nitrogen and oxygen atoms in total. The number of rotatable bonds is 2. The first kappa shape index (κ1) is 10.9. The molecule has 0 aliphatic rings. The zero-order valence-electron chi connectivity index (χ0n) is 9.38. The van der Waals surface area contributed by atoms with Gasteiger partial charge in [0.1, 0.15) is 11.4 Å². The Hall–Kier alpha value is -2.20. The summed E-state index contributed by atoms with van der Waals surface area (Å²) >= 11 is 5.90. The van der Waals surface area contributed by atoms with Gasteiger partial charge in [0.05, 0.1) is 0 Å². The number of nitrogen functional groups attached to an aromatic ring is 1. The first-order chi connectivity index (χ1) is 8.74. The third-order valence-electron chi connectivity index (χ3n) is 2.59. The highest BCUT2D eigenvalue weighted by atomic mass is 35.5. The monoisotopic (exact) mass is 259 g/mol. The number of pyridine rings is 1. The van der Waals surface area contributed by atoms with Crippen LogP contribution in [-0.4, -0.2) is 9.38 Å². The van der Waals surface area contributed by atoms with Crippen molar-refractivity contribution in [2.24, 2.45) is 0 Å². The number of aromatic nitrogens is 2. The van der Waals surface area contributed by atoms with Gasteiger partial charge in [-0.3, -0.25) is 0 Å². The van der Waals surface area contributed by atoms with E-state index in [1.54, 1.807) is 24.4 Å². The topological polar surface area (TPSA) is 52.5 Å². The number of ether oxygens (including phenoxy) is 1. The molecule has 0 unspecified atom stereocenters. The van der Waals surface area contributed by atoms with Crippen LogP contribution in [-0.2, 0) is 0 Å². The molecular formula is C13H10ClN3O. The van der Waals surface area contributed by atoms with Crippen molar-refractivity contribution >= 4 is 22.9 Å². The molecule has 0 amide bonds. The summed E-state index contributed by atoms with van der Waals surface area (Å²) in [6.45, 7) is 0. The molecule has 2 N–H and O–H groups in total. The maximum absolute atomic E-state index is 6.01. The van der Waals surface area contributed by atoms with Gasteiger partial charge in [-0.15, -0.1) is 0 Å². The molecule has 5 heteroatoms. The van der Waals surface area contributed by atoms with Gasteiger partial charge in [-0.1, -0.05) is 17.7 Å². The van der Waals surface area contributed by atoms with Crippen LogP contribution in [0.5, 0.6) is 11.5 Å². The fraction of sp³-hybridized carbons (Fsp3) is 0. The van der Waals surface area contributed by atoms with Gasteiger partial charge in [-0.05, 0) is 24.3 Å². The van der Waals surface area contributed by atoms with E-state index in [1.807, 2.05) is 28.9 Å². The number of anilines is 1. The highest BCUT2D eigenvalue weighted by Crippen LogP contribution is 2.30. The van der Waals surface area contributed by atoms with Crippen molar-refractivity contribution < 1.29 is 4.74 Å². The smallest absolute Gasteiger partial charge is 0.163 e. The van der Waals surface area contributed by atoms with Crippen molar-refractivity contribution in [2.75, 3.05) is 5.73 Å². The van der Waals surface area contributed by atoms with E-state index in [0.29, 0.717) is 27.9 Å². The van der Waals surface area contributed by atoms with Crippen molar-refractivity contribution in [2.45, 2.75) is 0 Å². The summed E-state index contributed by atoms with van der Waals surface area (Å²) in [5, 5.41) is 0.618. The number of imidazole rings is 1. The van der Waals surface area contributed by atoms with Gasteiger partial charge in [-0.25, -0.2) is 4.98 Å². The summed E-state index contributed by atoms with van der Waals surface area (Å²) in [5.74, 6) is 1.21. The van der Waals surface area contributed by atoms with Crippen molar-refractivity contribution in [1.82, 2.24) is 9.38 Å². The lowest BCUT2D eigenvalue weighted by molar-refractivity contribution is 0.485. The van der Waals surface area contributed by atoms with Crippen molar-refractivity contribution in [1.29, 1.82) is 0 Å². The normalized spacial score (nSPS) is 10.7. The number of nitrogens with two attached hydrogens (primary N) is 1. The predicted octanol–water partition coefficient (Wildman–Crippen LogP) is 3.36. The van der Waals surface area contributed by atoms with Crippen molar-refractivity contribution in [3.63, 3.8) is 0 Å². The Morgan fingerprint density at radius 3 is 2.94 bits per heavy atom. The minimum absolute atomic E-state index is 0.502. The Balaban J connectivity index is 2.02. The highest BCUT2D eigenvalue weighted by Gasteiger charge is 2.07. The Kier molecular flexibility index (Phi) is 2.57. The van der Waals surface area contributed by atoms with E-state index in [9.17, 15) is 0 Å². The molecule has 2 aromatic heterocycles. The van der Waals surface area contributed by atoms with Crippen LogP contribution in [0.2, 0.25) is 5.02 Å². The first-order valence-corrected chi connectivity index (χ1v) is 5.76. The molecule has 0 radical (unpaired) electrons. The quantitative estimate of drug-likeness (QED) is 0.768. The lowest BCUT2D eigenvalue weighted by Crippen LogP contribution is -1.96. The Morgan fingerprint density at radius 2 is 2.11 bits per heavy atom. The second-order valence-corrected chi connectivity index (χ2v) is 4.25. The van der Waals surface area contributed by atoms with E-state index < -0.39 is 0 Å². The molecule has 0 bridgehead atoms. The summed E-state index contributed by atoms with van der Waals surface area (Å²) in [6.07, 6.45) is 5.36. The summed E-state index contributed by atoms with van der Waals surface area (Å²) in [4.78, 5) is 4.17. The molecule has 3 aromatic rings. The highest BCUT2D eigenvalue weighted by molar-refractivity contribution is 6.30. The zero-order chi connectivity index (χ0) is 12.5. The van der Waals surface area contributed by atoms with Gasteiger partial charge in [0.25, 0.3) is 0 Å². The standard InChI is InChI=1S/C13H10ClN3O/c14-9-2-1-3-10(8-9)18-11-4-6-17-7-5-16-13(17)12(11)15/h1-8H,15H2. The molecule has 0 aliphatic heterocycles. The number of fused-ring (bicyclic) bond motifs is 1. The van der Waals surface area contributed by atoms with Crippen LogP contribution in [0.1, 0.15) is 0 Å². The van der Waals surface area contributed by atoms with E-state index in [2.05, 4.69) is 4.98 Å². The van der Waals surface area contributed by atoms with Crippen LogP contribution in [0.3, 0.4) is 0 Å². The van der Waals surface area contributed by atoms with Crippen molar-refractivity contribution in [3.8, 4) is 11.5 Å². The van der Waals surface area contributed by atoms with Gasteiger partial charge < -0.3 is 14.9 Å². The summed E-state index contributed by atoms with van der Waals surface area (Å²) < 4.78 is 7.54. The SMILES string of the molecule is Nc1c(Oc2cccc(Cl)c2)ccn2ccnc12. The van der Waals surface area contributed by atoms with E-state index in [0.717, 1.165) is 0 Å². The van der Waals surface area contributed by atoms with Gasteiger partial charge in [-0.2, -0.15) is 0 Å². The van der Waals surface area contributed by atoms with Gasteiger partial charge >= 0.3 is 0 Å². The second-order valence-electron chi connectivity index (χ2n) is 3.81. The number of hydrogen-bond donors (Lipinski definition) is 1. The number of hydrogen-bond acceptors (Lipinski definition) is 3. The van der Waals surface area contributed by atoms with Crippen LogP contribution < -0.4 is 10.5 Å². The van der Waals surface area contributed by atoms with E-state index >= 15 is 0 Å². The Bertz CT molecular complexity index is 708. The fourth-order valence-electron chi connectivity index (χ4n) is 1.74. The van der Waals surface area contributed by atoms with Crippen molar-refractivity contribution in [3.05, 3.63) is 53.9 Å². The molecule has 0 aliphatic carbocycles. The predicted molar refractivity (Wildman–Crippen MR) is 71.1 cm³/mol. The lowest BCUT2D eigenvalue weighted by atomic mass is 10.3. The first-order valence-electron chi connectivity index (χ1n) is 5.38. The van der Waals surface area contributed by atoms with Crippen LogP contribution in [0.4, 0.5) is 5.69 Å². The molecule has 0 fully saturated rings. The molecule has 0 atom stereocenters. The Morgan fingerprint density at radius 1 is 1.22 bits per heavy atom. The third-order valence-corrected chi connectivity index (χ3v) is 2.82. The summed E-state index contributed by atoms with van der Waals surface area (Å²) in [5.41, 5.74) is 7.19. The van der Waals surface area contributed by atoms with Crippen LogP contribution in [0.15, 0.2) is 48.9 Å². The summed E-state index contributed by atoms with van der Waals surface area (Å²) in [7, 11) is 0. The molecule has 18 heavy (non-hydrogen) atoms. The van der Waals surface area contributed by atoms with Gasteiger partial charge in [0, 0.05) is 23.6 Å². The van der Waals surface area contributed by atoms with Crippen LogP contribution in [0, 0.1) is 0 Å². The molecule has 3 rings (SSSR count). The van der Waals surface area contributed by atoms with Crippen LogP contribution in [0.25, 0.3) is 5.65 Å². The van der Waals surface area contributed by atoms with Gasteiger partial charge in [0.2, 0.25) is 0 Å². The minimum Gasteiger partial charge on any atom is -0.455 e. The molecule has 90 valence electrons. The molecule has 2 heterocycles. The molecule has 0 saturated carbocycles. The average Bonchev–Trinajstić information content (AvgIpc) is 2.82. The third kappa shape index (κ3) is 1.87. The lowest BCUT2D eigenvalue weighted by Gasteiger charge is -2.09. The van der Waals surface area contributed by atoms with E-state index in [-0.39, 0.29) is 0 Å². The Labute approximate surface area is 109 Å². The fourth-order valence-corrected chi connectivity index (χ4v) is 1.92. The maximum atomic E-state index is 6.01. The molecule has 1 aromatic carbocycles. The summed E-state index contributed by atoms with van der Waals surface area (Å²) in [6, 6.07) is 8.96. The van der Waals surface area contributed by atoms with Crippen LogP contribution >= 0.6 is 11.6 Å². The average molecular weight is 260 g/mol. The molecule has 0 saturated heterocycles. The number of nitrogens with zero attached hydrogens (tertiary/aromatic N) is 2. The molecular weight excluding hydrogens is 250 g/mol. The number of benzene rings is 1. The zero-order valence-corrected chi connectivity index (χ0v) is 10.1. The van der Waals surface area contributed by atoms with E-state index in [1.165, 1.54) is 0 Å². The maximum Gasteiger partial charge on any atom is 0.163 e. The second kappa shape index (κ2) is 4.23. The minimum atomic E-state index is 0.502.